The van der Waals surface area contributed by atoms with E-state index in [4.69, 9.17) is 0 Å². The molecule has 3 aromatic rings. The Balaban J connectivity index is 1.71. The summed E-state index contributed by atoms with van der Waals surface area (Å²) in [4.78, 5) is 21.9. The van der Waals surface area contributed by atoms with E-state index in [1.807, 2.05) is 42.6 Å². The van der Waals surface area contributed by atoms with Crippen LogP contribution in [-0.2, 0) is 0 Å². The molecule has 0 radical (unpaired) electrons. The van der Waals surface area contributed by atoms with Crippen LogP contribution in [-0.4, -0.2) is 15.9 Å². The molecule has 106 valence electrons. The quantitative estimate of drug-likeness (QED) is 0.797. The second-order valence-electron chi connectivity index (χ2n) is 4.46. The van der Waals surface area contributed by atoms with Gasteiger partial charge in [-0.15, -0.1) is 22.7 Å². The van der Waals surface area contributed by atoms with E-state index in [-0.39, 0.29) is 11.9 Å². The average Bonchev–Trinajstić information content (AvgIpc) is 3.19. The number of thiazole rings is 1. The average molecular weight is 315 g/mol. The molecule has 4 nitrogen and oxygen atoms in total. The topological polar surface area (TPSA) is 54.9 Å². The van der Waals surface area contributed by atoms with Crippen molar-refractivity contribution in [3.8, 4) is 9.88 Å². The highest BCUT2D eigenvalue weighted by Crippen LogP contribution is 2.27. The van der Waals surface area contributed by atoms with E-state index in [0.717, 1.165) is 15.6 Å². The number of thiophene rings is 1. The summed E-state index contributed by atoms with van der Waals surface area (Å²) in [6.45, 7) is 1.91. The molecule has 0 bridgehead atoms. The Labute approximate surface area is 130 Å². The standard InChI is InChI=1S/C15H13N3OS2/c1-10(11-5-2-3-7-16-11)17-14(19)12-9-21-15(18-12)13-6-4-8-20-13/h2-10H,1H3,(H,17,19). The predicted molar refractivity (Wildman–Crippen MR) is 85.5 cm³/mol. The molecule has 1 amide bonds. The largest absolute Gasteiger partial charge is 0.343 e. The van der Waals surface area contributed by atoms with Gasteiger partial charge in [-0.1, -0.05) is 12.1 Å². The number of aromatic nitrogens is 2. The fraction of sp³-hybridized carbons (Fsp3) is 0.133. The lowest BCUT2D eigenvalue weighted by Crippen LogP contribution is -2.27. The van der Waals surface area contributed by atoms with E-state index in [9.17, 15) is 4.79 Å². The van der Waals surface area contributed by atoms with Gasteiger partial charge < -0.3 is 5.32 Å². The van der Waals surface area contributed by atoms with E-state index in [1.54, 1.807) is 22.9 Å². The van der Waals surface area contributed by atoms with Crippen molar-refractivity contribution < 1.29 is 4.79 Å². The first kappa shape index (κ1) is 13.9. The zero-order valence-electron chi connectivity index (χ0n) is 11.3. The molecule has 1 atom stereocenters. The lowest BCUT2D eigenvalue weighted by Gasteiger charge is -2.11. The van der Waals surface area contributed by atoms with Gasteiger partial charge in [-0.2, -0.15) is 0 Å². The summed E-state index contributed by atoms with van der Waals surface area (Å²) in [7, 11) is 0. The highest BCUT2D eigenvalue weighted by molar-refractivity contribution is 7.20. The van der Waals surface area contributed by atoms with Crippen molar-refractivity contribution in [3.05, 3.63) is 58.7 Å². The third-order valence-corrected chi connectivity index (χ3v) is 4.83. The Hall–Kier alpha value is -2.05. The summed E-state index contributed by atoms with van der Waals surface area (Å²) in [6.07, 6.45) is 1.72. The number of hydrogen-bond donors (Lipinski definition) is 1. The van der Waals surface area contributed by atoms with Gasteiger partial charge in [0.2, 0.25) is 0 Å². The first-order valence-electron chi connectivity index (χ1n) is 6.45. The molecule has 0 aliphatic heterocycles. The fourth-order valence-corrected chi connectivity index (χ4v) is 3.48. The van der Waals surface area contributed by atoms with Crippen LogP contribution in [0.1, 0.15) is 29.1 Å². The smallest absolute Gasteiger partial charge is 0.271 e. The molecular weight excluding hydrogens is 302 g/mol. The molecule has 0 aromatic carbocycles. The van der Waals surface area contributed by atoms with Crippen LogP contribution >= 0.6 is 22.7 Å². The summed E-state index contributed by atoms with van der Waals surface area (Å²) in [5.41, 5.74) is 1.28. The minimum absolute atomic E-state index is 0.148. The van der Waals surface area contributed by atoms with Gasteiger partial charge in [0.25, 0.3) is 5.91 Å². The molecule has 0 saturated heterocycles. The second kappa shape index (κ2) is 6.15. The van der Waals surface area contributed by atoms with E-state index < -0.39 is 0 Å². The number of carbonyl (C=O) groups excluding carboxylic acids is 1. The molecule has 1 N–H and O–H groups in total. The van der Waals surface area contributed by atoms with E-state index in [2.05, 4.69) is 15.3 Å². The van der Waals surface area contributed by atoms with Gasteiger partial charge in [-0.25, -0.2) is 4.98 Å². The number of amides is 1. The first-order valence-corrected chi connectivity index (χ1v) is 8.21. The Kier molecular flexibility index (Phi) is 4.08. The van der Waals surface area contributed by atoms with Crippen molar-refractivity contribution in [3.63, 3.8) is 0 Å². The summed E-state index contributed by atoms with van der Waals surface area (Å²) >= 11 is 3.10. The van der Waals surface area contributed by atoms with Crippen LogP contribution in [0.15, 0.2) is 47.3 Å². The van der Waals surface area contributed by atoms with Crippen molar-refractivity contribution in [2.45, 2.75) is 13.0 Å². The van der Waals surface area contributed by atoms with E-state index >= 15 is 0 Å². The Morgan fingerprint density at radius 2 is 2.14 bits per heavy atom. The highest BCUT2D eigenvalue weighted by atomic mass is 32.1. The molecular formula is C15H13N3OS2. The molecule has 3 aromatic heterocycles. The Morgan fingerprint density at radius 1 is 1.24 bits per heavy atom. The van der Waals surface area contributed by atoms with Crippen molar-refractivity contribution in [2.75, 3.05) is 0 Å². The summed E-state index contributed by atoms with van der Waals surface area (Å²) in [6, 6.07) is 9.48. The second-order valence-corrected chi connectivity index (χ2v) is 6.27. The van der Waals surface area contributed by atoms with Crippen molar-refractivity contribution in [2.24, 2.45) is 0 Å². The van der Waals surface area contributed by atoms with Crippen molar-refractivity contribution in [1.29, 1.82) is 0 Å². The number of nitrogens with one attached hydrogen (secondary N) is 1. The predicted octanol–water partition coefficient (Wildman–Crippen LogP) is 3.76. The maximum absolute atomic E-state index is 12.2. The summed E-state index contributed by atoms with van der Waals surface area (Å²) < 4.78 is 0. The van der Waals surface area contributed by atoms with Crippen molar-refractivity contribution in [1.82, 2.24) is 15.3 Å². The third kappa shape index (κ3) is 3.17. The fourth-order valence-electron chi connectivity index (χ4n) is 1.87. The number of rotatable bonds is 4. The number of carbonyl (C=O) groups is 1. The number of nitrogens with zero attached hydrogens (tertiary/aromatic N) is 2. The molecule has 0 aliphatic rings. The van der Waals surface area contributed by atoms with Crippen molar-refractivity contribution >= 4 is 28.6 Å². The maximum atomic E-state index is 12.2. The molecule has 0 spiro atoms. The van der Waals surface area contributed by atoms with Crippen LogP contribution in [0, 0.1) is 0 Å². The lowest BCUT2D eigenvalue weighted by atomic mass is 10.2. The minimum atomic E-state index is -0.174. The molecule has 6 heteroatoms. The van der Waals surface area contributed by atoms with Gasteiger partial charge in [-0.05, 0) is 30.5 Å². The molecule has 0 saturated carbocycles. The molecule has 3 rings (SSSR count). The Bertz CT molecular complexity index is 722. The van der Waals surface area contributed by atoms with Gasteiger partial charge in [0.15, 0.2) is 0 Å². The van der Waals surface area contributed by atoms with Gasteiger partial charge in [0, 0.05) is 11.6 Å². The van der Waals surface area contributed by atoms with Gasteiger partial charge in [-0.3, -0.25) is 9.78 Å². The normalized spacial score (nSPS) is 12.0. The molecule has 3 heterocycles. The third-order valence-electron chi connectivity index (χ3n) is 2.95. The van der Waals surface area contributed by atoms with Gasteiger partial charge in [0.1, 0.15) is 10.7 Å². The first-order chi connectivity index (χ1) is 10.2. The van der Waals surface area contributed by atoms with Crippen LogP contribution in [0.2, 0.25) is 0 Å². The molecule has 0 aliphatic carbocycles. The van der Waals surface area contributed by atoms with Gasteiger partial charge in [0.05, 0.1) is 16.6 Å². The van der Waals surface area contributed by atoms with Gasteiger partial charge >= 0.3 is 0 Å². The lowest BCUT2D eigenvalue weighted by molar-refractivity contribution is 0.0935. The number of pyridine rings is 1. The van der Waals surface area contributed by atoms with Crippen LogP contribution in [0.25, 0.3) is 9.88 Å². The number of hydrogen-bond acceptors (Lipinski definition) is 5. The molecule has 1 unspecified atom stereocenters. The maximum Gasteiger partial charge on any atom is 0.271 e. The highest BCUT2D eigenvalue weighted by Gasteiger charge is 2.15. The van der Waals surface area contributed by atoms with Crippen LogP contribution in [0.3, 0.4) is 0 Å². The van der Waals surface area contributed by atoms with Crippen LogP contribution in [0.5, 0.6) is 0 Å². The zero-order valence-corrected chi connectivity index (χ0v) is 12.9. The van der Waals surface area contributed by atoms with E-state index in [0.29, 0.717) is 5.69 Å². The van der Waals surface area contributed by atoms with Crippen LogP contribution in [0.4, 0.5) is 0 Å². The van der Waals surface area contributed by atoms with Crippen LogP contribution < -0.4 is 5.32 Å². The monoisotopic (exact) mass is 315 g/mol. The zero-order chi connectivity index (χ0) is 14.7. The minimum Gasteiger partial charge on any atom is -0.343 e. The SMILES string of the molecule is CC(NC(=O)c1csc(-c2cccs2)n1)c1ccccn1. The Morgan fingerprint density at radius 3 is 2.86 bits per heavy atom. The van der Waals surface area contributed by atoms with E-state index in [1.165, 1.54) is 11.3 Å². The summed E-state index contributed by atoms with van der Waals surface area (Å²) in [5, 5.41) is 7.58. The molecule has 21 heavy (non-hydrogen) atoms. The summed E-state index contributed by atoms with van der Waals surface area (Å²) in [5.74, 6) is -0.174. The molecule has 0 fully saturated rings.